The first-order valence-corrected chi connectivity index (χ1v) is 6.53. The highest BCUT2D eigenvalue weighted by molar-refractivity contribution is 8.14. The molecule has 1 fully saturated rings. The molecular formula is C7H12ClNO3S. The summed E-state index contributed by atoms with van der Waals surface area (Å²) in [4.78, 5) is 12.8. The molecule has 1 rings (SSSR count). The molecular weight excluding hydrogens is 214 g/mol. The van der Waals surface area contributed by atoms with Crippen molar-refractivity contribution in [2.75, 3.05) is 13.1 Å². The SMILES string of the molecule is CCCN1CC(S(=O)(=O)Cl)CC1=O. The van der Waals surface area contributed by atoms with Gasteiger partial charge in [-0.25, -0.2) is 8.42 Å². The lowest BCUT2D eigenvalue weighted by Crippen LogP contribution is -2.27. The largest absolute Gasteiger partial charge is 0.341 e. The van der Waals surface area contributed by atoms with Gasteiger partial charge < -0.3 is 4.90 Å². The third-order valence-electron chi connectivity index (χ3n) is 2.07. The lowest BCUT2D eigenvalue weighted by Gasteiger charge is -2.13. The van der Waals surface area contributed by atoms with E-state index in [1.165, 1.54) is 0 Å². The molecule has 0 N–H and O–H groups in total. The first-order valence-electron chi connectivity index (χ1n) is 4.16. The highest BCUT2D eigenvalue weighted by atomic mass is 35.7. The fourth-order valence-electron chi connectivity index (χ4n) is 1.41. The molecule has 1 atom stereocenters. The van der Waals surface area contributed by atoms with Gasteiger partial charge >= 0.3 is 0 Å². The van der Waals surface area contributed by atoms with Crippen molar-refractivity contribution in [3.8, 4) is 0 Å². The monoisotopic (exact) mass is 225 g/mol. The van der Waals surface area contributed by atoms with Gasteiger partial charge in [0.2, 0.25) is 15.0 Å². The van der Waals surface area contributed by atoms with E-state index in [1.54, 1.807) is 4.90 Å². The van der Waals surface area contributed by atoms with Crippen molar-refractivity contribution in [3.63, 3.8) is 0 Å². The molecule has 0 saturated carbocycles. The fraction of sp³-hybridized carbons (Fsp3) is 0.857. The summed E-state index contributed by atoms with van der Waals surface area (Å²) < 4.78 is 21.8. The Bertz CT molecular complexity index is 301. The van der Waals surface area contributed by atoms with Gasteiger partial charge in [0, 0.05) is 30.2 Å². The minimum atomic E-state index is -3.58. The highest BCUT2D eigenvalue weighted by Crippen LogP contribution is 2.20. The minimum absolute atomic E-state index is 0.0336. The first kappa shape index (κ1) is 10.8. The van der Waals surface area contributed by atoms with Gasteiger partial charge in [-0.05, 0) is 6.42 Å². The lowest BCUT2D eigenvalue weighted by molar-refractivity contribution is -0.127. The van der Waals surface area contributed by atoms with Gasteiger partial charge in [-0.1, -0.05) is 6.92 Å². The van der Waals surface area contributed by atoms with Gasteiger partial charge in [0.15, 0.2) is 0 Å². The van der Waals surface area contributed by atoms with Crippen LogP contribution in [0.15, 0.2) is 0 Å². The Kier molecular flexibility index (Phi) is 3.18. The number of carbonyl (C=O) groups is 1. The van der Waals surface area contributed by atoms with Crippen molar-refractivity contribution in [3.05, 3.63) is 0 Å². The molecule has 1 aliphatic heterocycles. The molecule has 0 radical (unpaired) electrons. The Balaban J connectivity index is 2.66. The van der Waals surface area contributed by atoms with Crippen LogP contribution >= 0.6 is 10.7 Å². The van der Waals surface area contributed by atoms with Gasteiger partial charge in [-0.3, -0.25) is 4.79 Å². The minimum Gasteiger partial charge on any atom is -0.341 e. The van der Waals surface area contributed by atoms with E-state index in [1.807, 2.05) is 6.92 Å². The molecule has 0 aromatic heterocycles. The van der Waals surface area contributed by atoms with E-state index in [0.29, 0.717) is 6.54 Å². The Morgan fingerprint density at radius 3 is 2.62 bits per heavy atom. The number of hydrogen-bond donors (Lipinski definition) is 0. The van der Waals surface area contributed by atoms with E-state index >= 15 is 0 Å². The van der Waals surface area contributed by atoms with Crippen molar-refractivity contribution in [1.29, 1.82) is 0 Å². The van der Waals surface area contributed by atoms with E-state index in [-0.39, 0.29) is 18.9 Å². The summed E-state index contributed by atoms with van der Waals surface area (Å²) in [5.74, 6) is -0.115. The molecule has 0 bridgehead atoms. The Morgan fingerprint density at radius 1 is 1.62 bits per heavy atom. The first-order chi connectivity index (χ1) is 5.95. The molecule has 1 heterocycles. The van der Waals surface area contributed by atoms with Crippen molar-refractivity contribution in [1.82, 2.24) is 4.90 Å². The second kappa shape index (κ2) is 3.84. The Labute approximate surface area is 82.3 Å². The molecule has 76 valence electrons. The normalized spacial score (nSPS) is 24.0. The molecule has 1 unspecified atom stereocenters. The Hall–Kier alpha value is -0.290. The van der Waals surface area contributed by atoms with Crippen LogP contribution in [0.2, 0.25) is 0 Å². The third-order valence-corrected chi connectivity index (χ3v) is 3.94. The zero-order chi connectivity index (χ0) is 10.1. The van der Waals surface area contributed by atoms with Gasteiger partial charge in [-0.15, -0.1) is 0 Å². The predicted molar refractivity (Wildman–Crippen MR) is 50.0 cm³/mol. The number of halogens is 1. The number of rotatable bonds is 3. The average molecular weight is 226 g/mol. The van der Waals surface area contributed by atoms with Crippen LogP contribution in [0.25, 0.3) is 0 Å². The maximum Gasteiger partial charge on any atom is 0.237 e. The number of carbonyl (C=O) groups excluding carboxylic acids is 1. The number of amides is 1. The van der Waals surface area contributed by atoms with Gasteiger partial charge in [0.05, 0.1) is 0 Å². The molecule has 6 heteroatoms. The zero-order valence-electron chi connectivity index (χ0n) is 7.36. The van der Waals surface area contributed by atoms with Crippen LogP contribution in [0.5, 0.6) is 0 Å². The molecule has 13 heavy (non-hydrogen) atoms. The van der Waals surface area contributed by atoms with Crippen molar-refractivity contribution in [2.24, 2.45) is 0 Å². The van der Waals surface area contributed by atoms with Crippen LogP contribution in [0.3, 0.4) is 0 Å². The summed E-state index contributed by atoms with van der Waals surface area (Å²) in [6.07, 6.45) is 0.868. The maximum absolute atomic E-state index is 11.2. The molecule has 4 nitrogen and oxygen atoms in total. The summed E-state index contributed by atoms with van der Waals surface area (Å²) in [6.45, 7) is 2.80. The molecule has 1 saturated heterocycles. The summed E-state index contributed by atoms with van der Waals surface area (Å²) in [5, 5.41) is -0.715. The predicted octanol–water partition coefficient (Wildman–Crippen LogP) is 0.566. The van der Waals surface area contributed by atoms with E-state index in [4.69, 9.17) is 10.7 Å². The second-order valence-electron chi connectivity index (χ2n) is 3.14. The number of likely N-dealkylation sites (tertiary alicyclic amines) is 1. The topological polar surface area (TPSA) is 54.5 Å². The summed E-state index contributed by atoms with van der Waals surface area (Å²) >= 11 is 0. The van der Waals surface area contributed by atoms with E-state index in [9.17, 15) is 13.2 Å². The highest BCUT2D eigenvalue weighted by Gasteiger charge is 2.36. The van der Waals surface area contributed by atoms with Crippen molar-refractivity contribution >= 4 is 25.6 Å². The molecule has 0 spiro atoms. The quantitative estimate of drug-likeness (QED) is 0.660. The average Bonchev–Trinajstić information content (AvgIpc) is 2.32. The smallest absolute Gasteiger partial charge is 0.237 e. The molecule has 1 aliphatic rings. The van der Waals surface area contributed by atoms with E-state index in [0.717, 1.165) is 6.42 Å². The van der Waals surface area contributed by atoms with E-state index in [2.05, 4.69) is 0 Å². The summed E-state index contributed by atoms with van der Waals surface area (Å²) in [6, 6.07) is 0. The van der Waals surface area contributed by atoms with Crippen LogP contribution in [-0.2, 0) is 13.8 Å². The number of hydrogen-bond acceptors (Lipinski definition) is 3. The van der Waals surface area contributed by atoms with Crippen LogP contribution in [0.1, 0.15) is 19.8 Å². The van der Waals surface area contributed by atoms with Gasteiger partial charge in [0.25, 0.3) is 0 Å². The fourth-order valence-corrected chi connectivity index (χ4v) is 2.47. The lowest BCUT2D eigenvalue weighted by atomic mass is 10.4. The molecule has 1 amide bonds. The van der Waals surface area contributed by atoms with Crippen LogP contribution < -0.4 is 0 Å². The molecule has 0 aliphatic carbocycles. The van der Waals surface area contributed by atoms with Crippen LogP contribution in [0, 0.1) is 0 Å². The van der Waals surface area contributed by atoms with Crippen LogP contribution in [0.4, 0.5) is 0 Å². The second-order valence-corrected chi connectivity index (χ2v) is 6.05. The standard InChI is InChI=1S/C7H12ClNO3S/c1-2-3-9-5-6(4-7(9)10)13(8,11)12/h6H,2-5H2,1H3. The Morgan fingerprint density at radius 2 is 2.23 bits per heavy atom. The van der Waals surface area contributed by atoms with Crippen LogP contribution in [-0.4, -0.2) is 37.6 Å². The molecule has 0 aromatic carbocycles. The summed E-state index contributed by atoms with van der Waals surface area (Å²) in [7, 11) is 1.59. The van der Waals surface area contributed by atoms with Crippen molar-refractivity contribution < 1.29 is 13.2 Å². The van der Waals surface area contributed by atoms with E-state index < -0.39 is 14.3 Å². The van der Waals surface area contributed by atoms with Crippen molar-refractivity contribution in [2.45, 2.75) is 25.0 Å². The zero-order valence-corrected chi connectivity index (χ0v) is 8.94. The maximum atomic E-state index is 11.2. The molecule has 0 aromatic rings. The van der Waals surface area contributed by atoms with Gasteiger partial charge in [-0.2, -0.15) is 0 Å². The van der Waals surface area contributed by atoms with Gasteiger partial charge in [0.1, 0.15) is 5.25 Å². The summed E-state index contributed by atoms with van der Waals surface area (Å²) in [5.41, 5.74) is 0. The third kappa shape index (κ3) is 2.57. The number of nitrogens with zero attached hydrogens (tertiary/aromatic N) is 1.